The Labute approximate surface area is 215 Å². The molecule has 1 fully saturated rings. The lowest BCUT2D eigenvalue weighted by Crippen LogP contribution is -2.36. The van der Waals surface area contributed by atoms with Gasteiger partial charge < -0.3 is 20.0 Å². The molecule has 0 aliphatic carbocycles. The number of imide groups is 1. The summed E-state index contributed by atoms with van der Waals surface area (Å²) in [6, 6.07) is 16.2. The van der Waals surface area contributed by atoms with E-state index < -0.39 is 36.2 Å². The average molecular weight is 514 g/mol. The second-order valence-electron chi connectivity index (χ2n) is 8.90. The normalized spacial score (nSPS) is 22.7. The minimum atomic E-state index is -1.25. The molecular weight excluding hydrogens is 492 g/mol. The first-order valence-corrected chi connectivity index (χ1v) is 11.9. The molecule has 6 rings (SSSR count). The third kappa shape index (κ3) is 4.00. The molecule has 2 aromatic heterocycles. The van der Waals surface area contributed by atoms with Crippen LogP contribution in [0.15, 0.2) is 67.3 Å². The van der Waals surface area contributed by atoms with Gasteiger partial charge in [0.25, 0.3) is 11.8 Å². The predicted molar refractivity (Wildman–Crippen MR) is 131 cm³/mol. The van der Waals surface area contributed by atoms with E-state index in [0.29, 0.717) is 34.9 Å². The van der Waals surface area contributed by atoms with Gasteiger partial charge >= 0.3 is 0 Å². The van der Waals surface area contributed by atoms with Crippen LogP contribution in [0.2, 0.25) is 0 Å². The lowest BCUT2D eigenvalue weighted by molar-refractivity contribution is -0.138. The maximum absolute atomic E-state index is 12.6. The fourth-order valence-electron chi connectivity index (χ4n) is 4.69. The number of aldehydes is 1. The highest BCUT2D eigenvalue weighted by molar-refractivity contribution is 6.20. The molecule has 0 bridgehead atoms. The van der Waals surface area contributed by atoms with Gasteiger partial charge in [-0.1, -0.05) is 42.5 Å². The molecule has 2 aliphatic rings. The topological polar surface area (TPSA) is 149 Å². The smallest absolute Gasteiger partial charge is 0.285 e. The number of fused-ring (bicyclic) bond motifs is 2. The van der Waals surface area contributed by atoms with Crippen molar-refractivity contribution in [2.45, 2.75) is 25.0 Å². The highest BCUT2D eigenvalue weighted by Gasteiger charge is 2.46. The summed E-state index contributed by atoms with van der Waals surface area (Å²) < 4.78 is 7.51. The predicted octanol–water partition coefficient (Wildman–Crippen LogP) is 1.74. The van der Waals surface area contributed by atoms with Gasteiger partial charge in [-0.25, -0.2) is 15.0 Å². The van der Waals surface area contributed by atoms with Crippen LogP contribution in [0.3, 0.4) is 0 Å². The van der Waals surface area contributed by atoms with Crippen molar-refractivity contribution in [3.05, 3.63) is 83.9 Å². The molecule has 2 aliphatic heterocycles. The van der Waals surface area contributed by atoms with Crippen molar-refractivity contribution < 1.29 is 29.1 Å². The number of carbonyl (C=O) groups is 3. The Hall–Kier alpha value is -4.52. The quantitative estimate of drug-likeness (QED) is 0.263. The number of aromatic nitrogens is 4. The van der Waals surface area contributed by atoms with Crippen molar-refractivity contribution in [1.82, 2.24) is 24.6 Å². The van der Waals surface area contributed by atoms with Gasteiger partial charge in [0.05, 0.1) is 29.5 Å². The molecule has 1 saturated heterocycles. The zero-order chi connectivity index (χ0) is 26.2. The van der Waals surface area contributed by atoms with E-state index in [9.17, 15) is 19.5 Å². The number of nitrogens with zero attached hydrogens (tertiary/aromatic N) is 5. The summed E-state index contributed by atoms with van der Waals surface area (Å²) >= 11 is 0. The van der Waals surface area contributed by atoms with Crippen molar-refractivity contribution in [3.63, 3.8) is 0 Å². The first kappa shape index (κ1) is 23.9. The largest absolute Gasteiger partial charge is 0.388 e. The van der Waals surface area contributed by atoms with Crippen molar-refractivity contribution in [1.29, 1.82) is 0 Å². The molecular formula is C26H22N6O6. The minimum absolute atomic E-state index is 0.232. The Balaban J connectivity index is 1.19. The van der Waals surface area contributed by atoms with Crippen LogP contribution in [0.4, 0.5) is 5.82 Å². The van der Waals surface area contributed by atoms with Crippen LogP contribution in [0.25, 0.3) is 11.2 Å². The van der Waals surface area contributed by atoms with Crippen LogP contribution >= 0.6 is 0 Å². The van der Waals surface area contributed by atoms with Crippen molar-refractivity contribution >= 4 is 35.1 Å². The molecule has 2 N–H and O–H groups in total. The van der Waals surface area contributed by atoms with Crippen molar-refractivity contribution in [2.24, 2.45) is 5.92 Å². The van der Waals surface area contributed by atoms with Crippen LogP contribution in [-0.4, -0.2) is 66.6 Å². The van der Waals surface area contributed by atoms with Crippen LogP contribution in [0.1, 0.15) is 32.5 Å². The van der Waals surface area contributed by atoms with Crippen LogP contribution < -0.4 is 5.32 Å². The number of ether oxygens (including phenoxy) is 1. The Morgan fingerprint density at radius 3 is 2.42 bits per heavy atom. The van der Waals surface area contributed by atoms with Gasteiger partial charge in [-0.2, -0.15) is 0 Å². The Morgan fingerprint density at radius 1 is 1.00 bits per heavy atom. The second kappa shape index (κ2) is 9.74. The highest BCUT2D eigenvalue weighted by atomic mass is 16.7. The zero-order valence-electron chi connectivity index (χ0n) is 19.9. The number of nitrogens with one attached hydrogen (secondary N) is 1. The summed E-state index contributed by atoms with van der Waals surface area (Å²) in [5, 5.41) is 14.8. The molecule has 192 valence electrons. The van der Waals surface area contributed by atoms with Crippen molar-refractivity contribution in [3.8, 4) is 0 Å². The number of hydrogen-bond acceptors (Lipinski definition) is 10. The molecule has 12 heteroatoms. The van der Waals surface area contributed by atoms with Gasteiger partial charge in [-0.15, -0.1) is 5.06 Å². The number of imidazole rings is 1. The van der Waals surface area contributed by atoms with Crippen LogP contribution in [0.5, 0.6) is 0 Å². The first-order valence-electron chi connectivity index (χ1n) is 11.9. The summed E-state index contributed by atoms with van der Waals surface area (Å²) in [5.74, 6) is -1.68. The molecule has 2 unspecified atom stereocenters. The number of amides is 2. The zero-order valence-corrected chi connectivity index (χ0v) is 19.9. The third-order valence-corrected chi connectivity index (χ3v) is 6.65. The SMILES string of the molecule is O=CC1C(O)[C@H](n2cnc3c(NCc4ccccc4)ncnc32)O[C@@H]1CON1C(=O)c2ccccc2C1=O. The maximum atomic E-state index is 12.6. The number of hydrogen-bond donors (Lipinski definition) is 2. The van der Waals surface area contributed by atoms with E-state index in [1.165, 1.54) is 29.4 Å². The van der Waals surface area contributed by atoms with Gasteiger partial charge in [0.15, 0.2) is 23.2 Å². The van der Waals surface area contributed by atoms with Gasteiger partial charge in [0.1, 0.15) is 25.3 Å². The molecule has 0 saturated carbocycles. The molecule has 4 heterocycles. The van der Waals surface area contributed by atoms with E-state index in [2.05, 4.69) is 20.3 Å². The van der Waals surface area contributed by atoms with Gasteiger partial charge in [0.2, 0.25) is 0 Å². The number of aliphatic hydroxyl groups excluding tert-OH is 1. The lowest BCUT2D eigenvalue weighted by Gasteiger charge is -2.19. The van der Waals surface area contributed by atoms with E-state index in [1.807, 2.05) is 30.3 Å². The van der Waals surface area contributed by atoms with E-state index in [4.69, 9.17) is 9.57 Å². The third-order valence-electron chi connectivity index (χ3n) is 6.65. The molecule has 0 radical (unpaired) electrons. The first-order chi connectivity index (χ1) is 18.6. The average Bonchev–Trinajstić information content (AvgIpc) is 3.59. The molecule has 38 heavy (non-hydrogen) atoms. The van der Waals surface area contributed by atoms with Gasteiger partial charge in [-0.3, -0.25) is 19.0 Å². The number of rotatable bonds is 8. The molecule has 4 atom stereocenters. The summed E-state index contributed by atoms with van der Waals surface area (Å²) in [5.41, 5.74) is 2.38. The van der Waals surface area contributed by atoms with E-state index in [-0.39, 0.29) is 17.7 Å². The molecule has 2 aromatic carbocycles. The molecule has 12 nitrogen and oxygen atoms in total. The second-order valence-corrected chi connectivity index (χ2v) is 8.90. The number of anilines is 1. The highest BCUT2D eigenvalue weighted by Crippen LogP contribution is 2.36. The minimum Gasteiger partial charge on any atom is -0.388 e. The van der Waals surface area contributed by atoms with Crippen molar-refractivity contribution in [2.75, 3.05) is 11.9 Å². The molecule has 2 amide bonds. The Bertz CT molecular complexity index is 1490. The fraction of sp³-hybridized carbons (Fsp3) is 0.231. The fourth-order valence-corrected chi connectivity index (χ4v) is 4.69. The number of carbonyl (C=O) groups excluding carboxylic acids is 3. The Morgan fingerprint density at radius 2 is 1.71 bits per heavy atom. The summed E-state index contributed by atoms with van der Waals surface area (Å²) in [7, 11) is 0. The number of aliphatic hydroxyl groups is 1. The van der Waals surface area contributed by atoms with E-state index in [1.54, 1.807) is 12.1 Å². The van der Waals surface area contributed by atoms with Gasteiger partial charge in [-0.05, 0) is 17.7 Å². The summed E-state index contributed by atoms with van der Waals surface area (Å²) in [6.45, 7) is 0.209. The van der Waals surface area contributed by atoms with Crippen LogP contribution in [0, 0.1) is 5.92 Å². The monoisotopic (exact) mass is 514 g/mol. The number of hydroxylamine groups is 2. The standard InChI is InChI=1S/C26H22N6O6/c33-11-18-19(12-37-32-24(35)16-8-4-5-9-17(16)25(32)36)38-26(21(18)34)31-14-30-20-22(28-13-29-23(20)31)27-10-15-6-2-1-3-7-15/h1-9,11,13-14,18-19,21,26,34H,10,12H2,(H,27,28,29)/t18?,19-,21?,26-/m1/s1. The van der Waals surface area contributed by atoms with Gasteiger partial charge in [0, 0.05) is 6.54 Å². The summed E-state index contributed by atoms with van der Waals surface area (Å²) in [4.78, 5) is 55.6. The number of benzene rings is 2. The summed E-state index contributed by atoms with van der Waals surface area (Å²) in [6.07, 6.45) is 0.193. The molecule has 0 spiro atoms. The lowest BCUT2D eigenvalue weighted by atomic mass is 10.0. The van der Waals surface area contributed by atoms with E-state index >= 15 is 0 Å². The van der Waals surface area contributed by atoms with E-state index in [0.717, 1.165) is 5.56 Å². The Kier molecular flexibility index (Phi) is 6.12. The van der Waals surface area contributed by atoms with Crippen LogP contribution in [-0.2, 0) is 20.9 Å². The maximum Gasteiger partial charge on any atom is 0.285 e. The molecule has 4 aromatic rings.